The molecule has 0 unspecified atom stereocenters. The van der Waals surface area contributed by atoms with Gasteiger partial charge in [0.1, 0.15) is 12.4 Å². The lowest BCUT2D eigenvalue weighted by atomic mass is 9.64. The van der Waals surface area contributed by atoms with E-state index in [1.54, 1.807) is 7.11 Å². The van der Waals surface area contributed by atoms with Crippen molar-refractivity contribution in [3.05, 3.63) is 148 Å². The van der Waals surface area contributed by atoms with Crippen molar-refractivity contribution in [3.8, 4) is 22.9 Å². The van der Waals surface area contributed by atoms with Crippen molar-refractivity contribution < 1.29 is 14.2 Å². The molecule has 1 heterocycles. The number of rotatable bonds is 8. The molecule has 0 N–H and O–H groups in total. The Labute approximate surface area is 257 Å². The van der Waals surface area contributed by atoms with Crippen LogP contribution in [-0.4, -0.2) is 33.5 Å². The van der Waals surface area contributed by atoms with E-state index in [9.17, 15) is 5.26 Å². The topological polar surface area (TPSA) is 59.1 Å². The van der Waals surface area contributed by atoms with Gasteiger partial charge in [-0.05, 0) is 81.9 Å². The number of hydrogen-bond acceptors (Lipinski definition) is 5. The lowest BCUT2D eigenvalue weighted by molar-refractivity contribution is 0.0544. The second-order valence-corrected chi connectivity index (χ2v) is 10.8. The van der Waals surface area contributed by atoms with Gasteiger partial charge in [0, 0.05) is 12.8 Å². The van der Waals surface area contributed by atoms with E-state index in [2.05, 4.69) is 88.6 Å². The number of ether oxygens (including phenoxy) is 3. The molecule has 0 radical (unpaired) electrons. The van der Waals surface area contributed by atoms with Crippen LogP contribution in [0.5, 0.6) is 5.75 Å². The molecule has 5 aromatic carbocycles. The summed E-state index contributed by atoms with van der Waals surface area (Å²) in [6.45, 7) is 9.87. The number of para-hydroxylation sites is 2. The number of fused-ring (bicyclic) bond motifs is 9. The standard InChI is InChI=1S/C38H29N3O3/c1-40-27-12-18-31-30-17-11-26(25-39)23-34(30)38(35(31)24-27)32-7-3-5-9-36(32)41(37-10-6-4-8-33(37)38)28-13-15-29(16-14-28)44-22-21-43-20-19-42-2/h3-18,23-24H,19-22H2,2H3. The molecule has 0 atom stereocenters. The average Bonchev–Trinajstić information content (AvgIpc) is 3.36. The second kappa shape index (κ2) is 11.4. The maximum Gasteiger partial charge on any atom is 0.187 e. The number of nitriles is 1. The third-order valence-corrected chi connectivity index (χ3v) is 8.50. The number of benzene rings is 5. The first-order valence-corrected chi connectivity index (χ1v) is 14.6. The Morgan fingerprint density at radius 2 is 1.36 bits per heavy atom. The van der Waals surface area contributed by atoms with Gasteiger partial charge >= 0.3 is 0 Å². The molecule has 0 saturated carbocycles. The molecule has 0 amide bonds. The summed E-state index contributed by atoms with van der Waals surface area (Å²) in [6.07, 6.45) is 0. The smallest absolute Gasteiger partial charge is 0.187 e. The molecule has 0 aromatic heterocycles. The van der Waals surface area contributed by atoms with E-state index in [4.69, 9.17) is 20.8 Å². The zero-order valence-electron chi connectivity index (χ0n) is 24.3. The predicted octanol–water partition coefficient (Wildman–Crippen LogP) is 8.30. The van der Waals surface area contributed by atoms with Crippen molar-refractivity contribution in [2.45, 2.75) is 5.41 Å². The van der Waals surface area contributed by atoms with E-state index in [1.165, 1.54) is 0 Å². The quantitative estimate of drug-likeness (QED) is 0.135. The molecule has 0 saturated heterocycles. The van der Waals surface area contributed by atoms with Crippen LogP contribution >= 0.6 is 0 Å². The Morgan fingerprint density at radius 1 is 0.727 bits per heavy atom. The first-order chi connectivity index (χ1) is 21.7. The normalized spacial score (nSPS) is 13.3. The van der Waals surface area contributed by atoms with Crippen LogP contribution in [0.2, 0.25) is 0 Å². The van der Waals surface area contributed by atoms with Crippen LogP contribution in [0.4, 0.5) is 22.7 Å². The van der Waals surface area contributed by atoms with Crippen LogP contribution < -0.4 is 9.64 Å². The maximum absolute atomic E-state index is 9.94. The Kier molecular flexibility index (Phi) is 7.08. The van der Waals surface area contributed by atoms with Gasteiger partial charge in [0.15, 0.2) is 5.69 Å². The number of anilines is 3. The van der Waals surface area contributed by atoms with Gasteiger partial charge in [-0.15, -0.1) is 0 Å². The first kappa shape index (κ1) is 27.4. The summed E-state index contributed by atoms with van der Waals surface area (Å²) in [5.74, 6) is 0.772. The fraction of sp³-hybridized carbons (Fsp3) is 0.158. The summed E-state index contributed by atoms with van der Waals surface area (Å²) in [5, 5.41) is 9.94. The van der Waals surface area contributed by atoms with Crippen LogP contribution in [0, 0.1) is 17.9 Å². The van der Waals surface area contributed by atoms with Crippen LogP contribution in [0.3, 0.4) is 0 Å². The lowest BCUT2D eigenvalue weighted by Crippen LogP contribution is -2.36. The zero-order chi connectivity index (χ0) is 30.1. The highest BCUT2D eigenvalue weighted by Crippen LogP contribution is 2.63. The van der Waals surface area contributed by atoms with Gasteiger partial charge in [0.2, 0.25) is 0 Å². The fourth-order valence-corrected chi connectivity index (χ4v) is 6.71. The molecule has 6 nitrogen and oxygen atoms in total. The summed E-state index contributed by atoms with van der Waals surface area (Å²) >= 11 is 0. The van der Waals surface area contributed by atoms with Gasteiger partial charge in [0.05, 0.1) is 54.8 Å². The number of hydrogen-bond donors (Lipinski definition) is 0. The minimum atomic E-state index is -0.701. The SMILES string of the molecule is [C-]#[N+]c1ccc2c(c1)C1(c3cc(C#N)ccc3-2)c2ccccc2N(c2ccc(OCCOCCOC)cc2)c2ccccc21. The molecular formula is C38H29N3O3. The molecule has 0 bridgehead atoms. The molecule has 7 rings (SSSR count). The molecule has 0 fully saturated rings. The summed E-state index contributed by atoms with van der Waals surface area (Å²) < 4.78 is 16.5. The third-order valence-electron chi connectivity index (χ3n) is 8.50. The van der Waals surface area contributed by atoms with Crippen LogP contribution in [-0.2, 0) is 14.9 Å². The van der Waals surface area contributed by atoms with Crippen molar-refractivity contribution in [1.29, 1.82) is 5.26 Å². The number of nitrogens with zero attached hydrogens (tertiary/aromatic N) is 3. The minimum absolute atomic E-state index is 0.455. The molecule has 1 spiro atoms. The van der Waals surface area contributed by atoms with E-state index >= 15 is 0 Å². The highest BCUT2D eigenvalue weighted by Gasteiger charge is 2.51. The van der Waals surface area contributed by atoms with E-state index in [0.29, 0.717) is 37.7 Å². The molecule has 6 heteroatoms. The summed E-state index contributed by atoms with van der Waals surface area (Å²) in [7, 11) is 1.65. The van der Waals surface area contributed by atoms with Crippen molar-refractivity contribution in [1.82, 2.24) is 0 Å². The van der Waals surface area contributed by atoms with E-state index in [1.807, 2.05) is 36.4 Å². The lowest BCUT2D eigenvalue weighted by Gasteiger charge is -2.45. The maximum atomic E-state index is 9.94. The van der Waals surface area contributed by atoms with E-state index < -0.39 is 5.41 Å². The highest BCUT2D eigenvalue weighted by molar-refractivity contribution is 5.96. The number of methoxy groups -OCH3 is 1. The predicted molar refractivity (Wildman–Crippen MR) is 171 cm³/mol. The highest BCUT2D eigenvalue weighted by atomic mass is 16.5. The van der Waals surface area contributed by atoms with Gasteiger partial charge < -0.3 is 19.1 Å². The van der Waals surface area contributed by atoms with Crippen LogP contribution in [0.15, 0.2) is 109 Å². The molecular weight excluding hydrogens is 546 g/mol. The van der Waals surface area contributed by atoms with Crippen molar-refractivity contribution in [3.63, 3.8) is 0 Å². The van der Waals surface area contributed by atoms with E-state index in [-0.39, 0.29) is 0 Å². The summed E-state index contributed by atoms with van der Waals surface area (Å²) in [5.41, 5.74) is 10.1. The van der Waals surface area contributed by atoms with Crippen molar-refractivity contribution >= 4 is 22.7 Å². The van der Waals surface area contributed by atoms with Gasteiger partial charge in [0.25, 0.3) is 0 Å². The van der Waals surface area contributed by atoms with Crippen molar-refractivity contribution in [2.24, 2.45) is 0 Å². The molecule has 44 heavy (non-hydrogen) atoms. The van der Waals surface area contributed by atoms with E-state index in [0.717, 1.165) is 56.2 Å². The Morgan fingerprint density at radius 3 is 2.02 bits per heavy atom. The van der Waals surface area contributed by atoms with Gasteiger partial charge in [-0.25, -0.2) is 4.85 Å². The first-order valence-electron chi connectivity index (χ1n) is 14.6. The summed E-state index contributed by atoms with van der Waals surface area (Å²) in [6, 6.07) is 39.4. The zero-order valence-corrected chi connectivity index (χ0v) is 24.3. The minimum Gasteiger partial charge on any atom is -0.491 e. The van der Waals surface area contributed by atoms with Crippen molar-refractivity contribution in [2.75, 3.05) is 38.4 Å². The Bertz CT molecular complexity index is 1840. The van der Waals surface area contributed by atoms with Gasteiger partial charge in [-0.2, -0.15) is 5.26 Å². The Hall–Kier alpha value is -5.40. The van der Waals surface area contributed by atoms with Gasteiger partial charge in [-0.1, -0.05) is 60.7 Å². The molecule has 1 aliphatic carbocycles. The third kappa shape index (κ3) is 4.24. The monoisotopic (exact) mass is 575 g/mol. The molecule has 1 aliphatic heterocycles. The van der Waals surface area contributed by atoms with Gasteiger partial charge in [-0.3, -0.25) is 0 Å². The fourth-order valence-electron chi connectivity index (χ4n) is 6.71. The van der Waals surface area contributed by atoms with Crippen LogP contribution in [0.1, 0.15) is 27.8 Å². The molecule has 2 aliphatic rings. The Balaban J connectivity index is 1.38. The average molecular weight is 576 g/mol. The molecule has 214 valence electrons. The molecule has 5 aromatic rings. The second-order valence-electron chi connectivity index (χ2n) is 10.8. The summed E-state index contributed by atoms with van der Waals surface area (Å²) in [4.78, 5) is 6.10. The largest absolute Gasteiger partial charge is 0.491 e. The van der Waals surface area contributed by atoms with Crippen LogP contribution in [0.25, 0.3) is 16.0 Å².